The van der Waals surface area contributed by atoms with E-state index < -0.39 is 0 Å². The van der Waals surface area contributed by atoms with Crippen LogP contribution in [0.15, 0.2) is 6.20 Å². The number of aromatic nitrogens is 2. The number of rotatable bonds is 3. The highest BCUT2D eigenvalue weighted by molar-refractivity contribution is 5.45. The van der Waals surface area contributed by atoms with Crippen LogP contribution in [0.4, 0.5) is 5.69 Å². The summed E-state index contributed by atoms with van der Waals surface area (Å²) in [4.78, 5) is 0. The molecule has 1 saturated carbocycles. The van der Waals surface area contributed by atoms with Gasteiger partial charge in [-0.15, -0.1) is 0 Å². The second-order valence-corrected chi connectivity index (χ2v) is 5.31. The molecule has 1 N–H and O–H groups in total. The Morgan fingerprint density at radius 1 is 1.38 bits per heavy atom. The molecule has 1 aromatic heterocycles. The highest BCUT2D eigenvalue weighted by Crippen LogP contribution is 2.28. The first-order valence-electron chi connectivity index (χ1n) is 6.39. The average Bonchev–Trinajstić information content (AvgIpc) is 2.57. The van der Waals surface area contributed by atoms with Gasteiger partial charge in [0.25, 0.3) is 0 Å². The Labute approximate surface area is 98.2 Å². The number of hydrogen-bond donors (Lipinski definition) is 1. The summed E-state index contributed by atoms with van der Waals surface area (Å²) in [6, 6.07) is 0. The summed E-state index contributed by atoms with van der Waals surface area (Å²) in [6.07, 6.45) is 7.64. The lowest BCUT2D eigenvalue weighted by Crippen LogP contribution is -2.20. The first kappa shape index (κ1) is 11.5. The Morgan fingerprint density at radius 3 is 2.62 bits per heavy atom. The largest absolute Gasteiger partial charge is 0.382 e. The maximum Gasteiger partial charge on any atom is 0.0824 e. The molecular weight excluding hydrogens is 198 g/mol. The Hall–Kier alpha value is -0.990. The van der Waals surface area contributed by atoms with Crippen molar-refractivity contribution in [1.29, 1.82) is 0 Å². The Bertz CT molecular complexity index is 335. The molecule has 2 rings (SSSR count). The SMILES string of the molecule is Cc1nn(C)cc1NCC1CCC(C)CC1. The summed E-state index contributed by atoms with van der Waals surface area (Å²) in [5, 5.41) is 7.88. The fourth-order valence-electron chi connectivity index (χ4n) is 2.56. The molecule has 0 saturated heterocycles. The van der Waals surface area contributed by atoms with E-state index in [0.717, 1.165) is 24.1 Å². The molecule has 3 heteroatoms. The number of anilines is 1. The minimum atomic E-state index is 0.857. The van der Waals surface area contributed by atoms with Crippen molar-refractivity contribution in [1.82, 2.24) is 9.78 Å². The monoisotopic (exact) mass is 221 g/mol. The summed E-state index contributed by atoms with van der Waals surface area (Å²) in [7, 11) is 1.97. The summed E-state index contributed by atoms with van der Waals surface area (Å²) in [6.45, 7) is 5.54. The van der Waals surface area contributed by atoms with Gasteiger partial charge in [0.2, 0.25) is 0 Å². The van der Waals surface area contributed by atoms with Gasteiger partial charge in [-0.3, -0.25) is 4.68 Å². The van der Waals surface area contributed by atoms with E-state index in [1.165, 1.54) is 31.4 Å². The van der Waals surface area contributed by atoms with Crippen molar-refractivity contribution in [3.63, 3.8) is 0 Å². The lowest BCUT2D eigenvalue weighted by atomic mass is 9.83. The highest BCUT2D eigenvalue weighted by atomic mass is 15.3. The zero-order valence-electron chi connectivity index (χ0n) is 10.7. The van der Waals surface area contributed by atoms with E-state index in [4.69, 9.17) is 0 Å². The molecule has 16 heavy (non-hydrogen) atoms. The molecular formula is C13H23N3. The van der Waals surface area contributed by atoms with Gasteiger partial charge in [-0.1, -0.05) is 19.8 Å². The highest BCUT2D eigenvalue weighted by Gasteiger charge is 2.18. The summed E-state index contributed by atoms with van der Waals surface area (Å²) in [5.41, 5.74) is 2.30. The van der Waals surface area contributed by atoms with Crippen molar-refractivity contribution in [3.8, 4) is 0 Å². The van der Waals surface area contributed by atoms with Crippen LogP contribution in [0.2, 0.25) is 0 Å². The molecule has 0 atom stereocenters. The van der Waals surface area contributed by atoms with Gasteiger partial charge in [0, 0.05) is 19.8 Å². The molecule has 0 bridgehead atoms. The summed E-state index contributed by atoms with van der Waals surface area (Å²) in [5.74, 6) is 1.80. The average molecular weight is 221 g/mol. The quantitative estimate of drug-likeness (QED) is 0.850. The first-order valence-corrected chi connectivity index (χ1v) is 6.39. The zero-order valence-corrected chi connectivity index (χ0v) is 10.7. The van der Waals surface area contributed by atoms with Crippen LogP contribution >= 0.6 is 0 Å². The van der Waals surface area contributed by atoms with Gasteiger partial charge < -0.3 is 5.32 Å². The predicted octanol–water partition coefficient (Wildman–Crippen LogP) is 2.97. The molecule has 1 fully saturated rings. The van der Waals surface area contributed by atoms with Crippen molar-refractivity contribution in [3.05, 3.63) is 11.9 Å². The smallest absolute Gasteiger partial charge is 0.0824 e. The van der Waals surface area contributed by atoms with E-state index in [0.29, 0.717) is 0 Å². The van der Waals surface area contributed by atoms with Crippen molar-refractivity contribution in [2.75, 3.05) is 11.9 Å². The maximum absolute atomic E-state index is 4.34. The van der Waals surface area contributed by atoms with Crippen LogP contribution in [0, 0.1) is 18.8 Å². The second-order valence-electron chi connectivity index (χ2n) is 5.31. The summed E-state index contributed by atoms with van der Waals surface area (Å²) < 4.78 is 1.88. The molecule has 1 aliphatic carbocycles. The van der Waals surface area contributed by atoms with E-state index in [1.807, 2.05) is 11.7 Å². The minimum absolute atomic E-state index is 0.857. The standard InChI is InChI=1S/C13H23N3/c1-10-4-6-12(7-5-10)8-14-13-9-16(3)15-11(13)2/h9-10,12,14H,4-8H2,1-3H3. The van der Waals surface area contributed by atoms with Crippen molar-refractivity contribution in [2.24, 2.45) is 18.9 Å². The molecule has 1 aromatic rings. The van der Waals surface area contributed by atoms with Gasteiger partial charge >= 0.3 is 0 Å². The minimum Gasteiger partial charge on any atom is -0.382 e. The second kappa shape index (κ2) is 4.89. The number of nitrogens with one attached hydrogen (secondary N) is 1. The van der Waals surface area contributed by atoms with Crippen LogP contribution < -0.4 is 5.32 Å². The van der Waals surface area contributed by atoms with Gasteiger partial charge in [-0.2, -0.15) is 5.10 Å². The molecule has 1 heterocycles. The molecule has 0 spiro atoms. The predicted molar refractivity (Wildman–Crippen MR) is 67.6 cm³/mol. The molecule has 0 radical (unpaired) electrons. The van der Waals surface area contributed by atoms with Gasteiger partial charge in [-0.05, 0) is 31.6 Å². The fraction of sp³-hybridized carbons (Fsp3) is 0.769. The van der Waals surface area contributed by atoms with Crippen molar-refractivity contribution in [2.45, 2.75) is 39.5 Å². The van der Waals surface area contributed by atoms with Crippen LogP contribution in [0.3, 0.4) is 0 Å². The molecule has 0 aromatic carbocycles. The number of nitrogens with zero attached hydrogens (tertiary/aromatic N) is 2. The first-order chi connectivity index (χ1) is 7.65. The normalized spacial score (nSPS) is 25.7. The fourth-order valence-corrected chi connectivity index (χ4v) is 2.56. The third-order valence-corrected chi connectivity index (χ3v) is 3.73. The molecule has 3 nitrogen and oxygen atoms in total. The zero-order chi connectivity index (χ0) is 11.5. The number of aryl methyl sites for hydroxylation is 2. The van der Waals surface area contributed by atoms with Gasteiger partial charge in [0.15, 0.2) is 0 Å². The molecule has 1 aliphatic rings. The van der Waals surface area contributed by atoms with Crippen LogP contribution in [0.25, 0.3) is 0 Å². The van der Waals surface area contributed by atoms with Gasteiger partial charge in [0.05, 0.1) is 11.4 Å². The third kappa shape index (κ3) is 2.77. The van der Waals surface area contributed by atoms with Crippen LogP contribution in [0.5, 0.6) is 0 Å². The molecule has 90 valence electrons. The van der Waals surface area contributed by atoms with Crippen LogP contribution in [0.1, 0.15) is 38.3 Å². The van der Waals surface area contributed by atoms with E-state index >= 15 is 0 Å². The van der Waals surface area contributed by atoms with Gasteiger partial charge in [-0.25, -0.2) is 0 Å². The van der Waals surface area contributed by atoms with Crippen molar-refractivity contribution >= 4 is 5.69 Å². The van der Waals surface area contributed by atoms with Crippen molar-refractivity contribution < 1.29 is 0 Å². The lowest BCUT2D eigenvalue weighted by Gasteiger charge is -2.26. The van der Waals surface area contributed by atoms with Crippen LogP contribution in [-0.2, 0) is 7.05 Å². The Kier molecular flexibility index (Phi) is 3.52. The van der Waals surface area contributed by atoms with E-state index in [9.17, 15) is 0 Å². The maximum atomic E-state index is 4.34. The van der Waals surface area contributed by atoms with E-state index in [2.05, 4.69) is 30.5 Å². The lowest BCUT2D eigenvalue weighted by molar-refractivity contribution is 0.300. The number of hydrogen-bond acceptors (Lipinski definition) is 2. The van der Waals surface area contributed by atoms with Crippen LogP contribution in [-0.4, -0.2) is 16.3 Å². The van der Waals surface area contributed by atoms with E-state index in [-0.39, 0.29) is 0 Å². The van der Waals surface area contributed by atoms with Gasteiger partial charge in [0.1, 0.15) is 0 Å². The Balaban J connectivity index is 1.81. The third-order valence-electron chi connectivity index (χ3n) is 3.73. The Morgan fingerprint density at radius 2 is 2.06 bits per heavy atom. The topological polar surface area (TPSA) is 29.9 Å². The summed E-state index contributed by atoms with van der Waals surface area (Å²) >= 11 is 0. The molecule has 0 amide bonds. The van der Waals surface area contributed by atoms with E-state index in [1.54, 1.807) is 0 Å². The molecule has 0 unspecified atom stereocenters. The molecule has 0 aliphatic heterocycles.